The first kappa shape index (κ1) is 8.65. The smallest absolute Gasteiger partial charge is 0.220 e. The van der Waals surface area contributed by atoms with Crippen LogP contribution < -0.4 is 4.74 Å². The number of nitrogens with zero attached hydrogens (tertiary/aromatic N) is 1. The third-order valence-corrected chi connectivity index (χ3v) is 2.53. The number of pyridine rings is 1. The van der Waals surface area contributed by atoms with Crippen molar-refractivity contribution >= 4 is 10.8 Å². The second kappa shape index (κ2) is 3.19. The molecule has 0 atom stereocenters. The van der Waals surface area contributed by atoms with Gasteiger partial charge in [-0.25, -0.2) is 4.98 Å². The highest BCUT2D eigenvalue weighted by atomic mass is 19.1. The Morgan fingerprint density at radius 1 is 1.20 bits per heavy atom. The Kier molecular flexibility index (Phi) is 1.84. The fourth-order valence-corrected chi connectivity index (χ4v) is 1.59. The first-order chi connectivity index (χ1) is 7.34. The third-order valence-electron chi connectivity index (χ3n) is 2.53. The molecule has 0 aliphatic heterocycles. The van der Waals surface area contributed by atoms with Gasteiger partial charge >= 0.3 is 0 Å². The van der Waals surface area contributed by atoms with E-state index in [2.05, 4.69) is 4.98 Å². The Hall–Kier alpha value is -1.64. The first-order valence-electron chi connectivity index (χ1n) is 5.04. The minimum Gasteiger partial charge on any atom is -0.488 e. The van der Waals surface area contributed by atoms with E-state index in [0.29, 0.717) is 17.2 Å². The van der Waals surface area contributed by atoms with Gasteiger partial charge in [-0.2, -0.15) is 4.39 Å². The number of aromatic nitrogens is 1. The van der Waals surface area contributed by atoms with Crippen molar-refractivity contribution in [2.24, 2.45) is 0 Å². The molecule has 0 spiro atoms. The molecule has 1 fully saturated rings. The minimum absolute atomic E-state index is 0.306. The van der Waals surface area contributed by atoms with Crippen LogP contribution in [-0.4, -0.2) is 11.1 Å². The maximum absolute atomic E-state index is 13.4. The molecule has 0 unspecified atom stereocenters. The van der Waals surface area contributed by atoms with Gasteiger partial charge in [-0.3, -0.25) is 0 Å². The maximum atomic E-state index is 13.4. The third kappa shape index (κ3) is 1.54. The summed E-state index contributed by atoms with van der Waals surface area (Å²) in [6.07, 6.45) is 3.95. The molecule has 1 aliphatic carbocycles. The van der Waals surface area contributed by atoms with Crippen LogP contribution in [0.1, 0.15) is 12.8 Å². The summed E-state index contributed by atoms with van der Waals surface area (Å²) >= 11 is 0. The Morgan fingerprint density at radius 3 is 2.67 bits per heavy atom. The number of hydrogen-bond acceptors (Lipinski definition) is 2. The molecule has 0 radical (unpaired) electrons. The lowest BCUT2D eigenvalue weighted by molar-refractivity contribution is 0.305. The highest BCUT2D eigenvalue weighted by molar-refractivity contribution is 5.87. The molecule has 1 aromatic carbocycles. The van der Waals surface area contributed by atoms with Gasteiger partial charge in [0.05, 0.1) is 12.3 Å². The molecule has 0 amide bonds. The van der Waals surface area contributed by atoms with Crippen molar-refractivity contribution in [2.45, 2.75) is 18.9 Å². The van der Waals surface area contributed by atoms with Crippen LogP contribution in [0.25, 0.3) is 10.8 Å². The molecule has 76 valence electrons. The van der Waals surface area contributed by atoms with Crippen molar-refractivity contribution in [3.8, 4) is 5.75 Å². The fraction of sp³-hybridized carbons (Fsp3) is 0.250. The first-order valence-corrected chi connectivity index (χ1v) is 5.04. The van der Waals surface area contributed by atoms with E-state index < -0.39 is 5.95 Å². The number of ether oxygens (including phenoxy) is 1. The lowest BCUT2D eigenvalue weighted by Crippen LogP contribution is -1.98. The fourth-order valence-electron chi connectivity index (χ4n) is 1.59. The Bertz CT molecular complexity index is 508. The van der Waals surface area contributed by atoms with Gasteiger partial charge in [-0.05, 0) is 18.9 Å². The van der Waals surface area contributed by atoms with Gasteiger partial charge in [0.25, 0.3) is 0 Å². The van der Waals surface area contributed by atoms with Crippen LogP contribution in [0.3, 0.4) is 0 Å². The Balaban J connectivity index is 2.16. The van der Waals surface area contributed by atoms with Gasteiger partial charge in [-0.15, -0.1) is 0 Å². The maximum Gasteiger partial charge on any atom is 0.220 e. The predicted octanol–water partition coefficient (Wildman–Crippen LogP) is 2.92. The topological polar surface area (TPSA) is 22.1 Å². The van der Waals surface area contributed by atoms with E-state index in [1.54, 1.807) is 12.1 Å². The standard InChI is InChI=1S/C12H10FNO/c13-12-10-4-2-1-3-9(10)11(7-14-12)15-8-5-6-8/h1-4,7-8H,5-6H2. The molecule has 0 N–H and O–H groups in total. The number of fused-ring (bicyclic) bond motifs is 1. The van der Waals surface area contributed by atoms with Gasteiger partial charge in [0.1, 0.15) is 5.75 Å². The molecular weight excluding hydrogens is 193 g/mol. The van der Waals surface area contributed by atoms with E-state index in [1.165, 1.54) is 6.20 Å². The zero-order chi connectivity index (χ0) is 10.3. The molecular formula is C12H10FNO. The lowest BCUT2D eigenvalue weighted by Gasteiger charge is -2.07. The molecule has 1 aromatic heterocycles. The summed E-state index contributed by atoms with van der Waals surface area (Å²) in [7, 11) is 0. The molecule has 1 saturated carbocycles. The number of halogens is 1. The summed E-state index contributed by atoms with van der Waals surface area (Å²) in [6, 6.07) is 7.25. The van der Waals surface area contributed by atoms with Crippen molar-refractivity contribution < 1.29 is 9.13 Å². The van der Waals surface area contributed by atoms with Crippen LogP contribution in [0.4, 0.5) is 4.39 Å². The van der Waals surface area contributed by atoms with Gasteiger partial charge in [0, 0.05) is 10.8 Å². The van der Waals surface area contributed by atoms with Crippen LogP contribution in [0, 0.1) is 5.95 Å². The number of hydrogen-bond donors (Lipinski definition) is 0. The molecule has 1 aliphatic rings. The van der Waals surface area contributed by atoms with E-state index in [-0.39, 0.29) is 0 Å². The summed E-state index contributed by atoms with van der Waals surface area (Å²) in [5, 5.41) is 1.33. The average molecular weight is 203 g/mol. The lowest BCUT2D eigenvalue weighted by atomic mass is 10.1. The van der Waals surface area contributed by atoms with E-state index in [1.807, 2.05) is 12.1 Å². The van der Waals surface area contributed by atoms with E-state index in [9.17, 15) is 4.39 Å². The second-order valence-electron chi connectivity index (χ2n) is 3.78. The zero-order valence-electron chi connectivity index (χ0n) is 8.11. The number of rotatable bonds is 2. The summed E-state index contributed by atoms with van der Waals surface area (Å²) in [6.45, 7) is 0. The quantitative estimate of drug-likeness (QED) is 0.700. The molecule has 0 bridgehead atoms. The van der Waals surface area contributed by atoms with Gasteiger partial charge in [-0.1, -0.05) is 18.2 Å². The highest BCUT2D eigenvalue weighted by Crippen LogP contribution is 2.32. The van der Waals surface area contributed by atoms with Crippen LogP contribution in [0.2, 0.25) is 0 Å². The molecule has 15 heavy (non-hydrogen) atoms. The normalized spacial score (nSPS) is 15.5. The van der Waals surface area contributed by atoms with E-state index in [0.717, 1.165) is 18.2 Å². The summed E-state index contributed by atoms with van der Waals surface area (Å²) in [5.74, 6) is 0.253. The largest absolute Gasteiger partial charge is 0.488 e. The van der Waals surface area contributed by atoms with E-state index >= 15 is 0 Å². The molecule has 3 heteroatoms. The summed E-state index contributed by atoms with van der Waals surface area (Å²) in [5.41, 5.74) is 0. The molecule has 2 aromatic rings. The Labute approximate surface area is 86.7 Å². The SMILES string of the molecule is Fc1ncc(OC2CC2)c2ccccc12. The monoisotopic (exact) mass is 203 g/mol. The summed E-state index contributed by atoms with van der Waals surface area (Å²) < 4.78 is 19.0. The average Bonchev–Trinajstić information content (AvgIpc) is 3.07. The van der Waals surface area contributed by atoms with Crippen LogP contribution >= 0.6 is 0 Å². The van der Waals surface area contributed by atoms with Crippen molar-refractivity contribution in [3.63, 3.8) is 0 Å². The predicted molar refractivity (Wildman–Crippen MR) is 55.4 cm³/mol. The van der Waals surface area contributed by atoms with Crippen molar-refractivity contribution in [2.75, 3.05) is 0 Å². The molecule has 2 nitrogen and oxygen atoms in total. The van der Waals surface area contributed by atoms with E-state index in [4.69, 9.17) is 4.74 Å². The van der Waals surface area contributed by atoms with Crippen LogP contribution in [0.5, 0.6) is 5.75 Å². The number of benzene rings is 1. The zero-order valence-corrected chi connectivity index (χ0v) is 8.11. The van der Waals surface area contributed by atoms with Gasteiger partial charge < -0.3 is 4.74 Å². The van der Waals surface area contributed by atoms with Crippen molar-refractivity contribution in [1.29, 1.82) is 0 Å². The molecule has 3 rings (SSSR count). The summed E-state index contributed by atoms with van der Waals surface area (Å²) in [4.78, 5) is 3.70. The molecule has 1 heterocycles. The van der Waals surface area contributed by atoms with Gasteiger partial charge in [0.15, 0.2) is 0 Å². The van der Waals surface area contributed by atoms with Gasteiger partial charge in [0.2, 0.25) is 5.95 Å². The highest BCUT2D eigenvalue weighted by Gasteiger charge is 2.24. The second-order valence-corrected chi connectivity index (χ2v) is 3.78. The minimum atomic E-state index is -0.436. The van der Waals surface area contributed by atoms with Crippen molar-refractivity contribution in [3.05, 3.63) is 36.4 Å². The van der Waals surface area contributed by atoms with Crippen LogP contribution in [0.15, 0.2) is 30.5 Å². The Morgan fingerprint density at radius 2 is 1.93 bits per heavy atom. The molecule has 0 saturated heterocycles. The van der Waals surface area contributed by atoms with Crippen molar-refractivity contribution in [1.82, 2.24) is 4.98 Å². The van der Waals surface area contributed by atoms with Crippen LogP contribution in [-0.2, 0) is 0 Å².